The van der Waals surface area contributed by atoms with Crippen molar-refractivity contribution in [1.29, 1.82) is 0 Å². The highest BCUT2D eigenvalue weighted by Crippen LogP contribution is 2.20. The molecule has 2 aliphatic rings. The minimum atomic E-state index is -3.37. The number of ether oxygens (including phenoxy) is 1. The van der Waals surface area contributed by atoms with E-state index in [2.05, 4.69) is 10.3 Å². The van der Waals surface area contributed by atoms with Crippen LogP contribution in [0.1, 0.15) is 55.1 Å². The third-order valence-electron chi connectivity index (χ3n) is 3.27. The van der Waals surface area contributed by atoms with Crippen LogP contribution in [0.3, 0.4) is 0 Å². The van der Waals surface area contributed by atoms with Crippen molar-refractivity contribution in [3.05, 3.63) is 24.0 Å². The minimum absolute atomic E-state index is 0.00909. The molecule has 7 heteroatoms. The van der Waals surface area contributed by atoms with Crippen molar-refractivity contribution in [2.45, 2.75) is 45.3 Å². The van der Waals surface area contributed by atoms with Gasteiger partial charge in [-0.1, -0.05) is 0 Å². The van der Waals surface area contributed by atoms with Crippen LogP contribution in [-0.4, -0.2) is 59.5 Å². The maximum atomic E-state index is 12.7. The standard InChI is InChI=1S/C18H26N4O3/c1-18(2,3)25-17(24)22-10-8-21(9-11-22)14-6-7-15(19-12-14)16(23)20-13-4-5-13/h6-7,12-13H,4-5,8-11H2,1-3H3,(H,20,23)/i8D2,9D2,10D2,11D2. The zero-order valence-corrected chi connectivity index (χ0v) is 14.3. The van der Waals surface area contributed by atoms with Gasteiger partial charge in [-0.25, -0.2) is 9.78 Å². The Balaban J connectivity index is 2.03. The quantitative estimate of drug-likeness (QED) is 0.899. The molecule has 1 saturated heterocycles. The molecule has 1 aromatic heterocycles. The van der Waals surface area contributed by atoms with Crippen LogP contribution in [0.25, 0.3) is 0 Å². The largest absolute Gasteiger partial charge is 0.444 e. The number of aromatic nitrogens is 1. The van der Waals surface area contributed by atoms with Crippen molar-refractivity contribution in [3.8, 4) is 0 Å². The average molecular weight is 354 g/mol. The van der Waals surface area contributed by atoms with E-state index in [0.717, 1.165) is 25.1 Å². The van der Waals surface area contributed by atoms with Crippen molar-refractivity contribution >= 4 is 17.7 Å². The number of anilines is 1. The summed E-state index contributed by atoms with van der Waals surface area (Å²) in [6.45, 7) is -8.89. The second kappa shape index (κ2) is 6.90. The van der Waals surface area contributed by atoms with Gasteiger partial charge in [0.25, 0.3) is 5.91 Å². The van der Waals surface area contributed by atoms with Gasteiger partial charge in [0.05, 0.1) is 22.9 Å². The van der Waals surface area contributed by atoms with Gasteiger partial charge in [0, 0.05) is 32.0 Å². The summed E-state index contributed by atoms with van der Waals surface area (Å²) in [5.74, 6) is -0.463. The Morgan fingerprint density at radius 3 is 2.44 bits per heavy atom. The molecule has 2 fully saturated rings. The number of rotatable bonds is 3. The smallest absolute Gasteiger partial charge is 0.410 e. The Kier molecular flexibility index (Phi) is 2.76. The minimum Gasteiger partial charge on any atom is -0.444 e. The van der Waals surface area contributed by atoms with Gasteiger partial charge < -0.3 is 19.9 Å². The normalized spacial score (nSPS) is 30.8. The van der Waals surface area contributed by atoms with Gasteiger partial charge in [-0.15, -0.1) is 0 Å². The van der Waals surface area contributed by atoms with Crippen LogP contribution < -0.4 is 10.2 Å². The summed E-state index contributed by atoms with van der Waals surface area (Å²) >= 11 is 0. The average Bonchev–Trinajstić information content (AvgIpc) is 3.42. The maximum Gasteiger partial charge on any atom is 0.410 e. The monoisotopic (exact) mass is 354 g/mol. The van der Waals surface area contributed by atoms with Crippen molar-refractivity contribution in [2.24, 2.45) is 0 Å². The lowest BCUT2D eigenvalue weighted by atomic mass is 10.2. The molecule has 0 atom stereocenters. The second-order valence-electron chi connectivity index (χ2n) is 6.75. The molecule has 0 aromatic carbocycles. The van der Waals surface area contributed by atoms with Gasteiger partial charge in [-0.3, -0.25) is 4.79 Å². The summed E-state index contributed by atoms with van der Waals surface area (Å²) in [5, 5.41) is 2.72. The Labute approximate surface area is 159 Å². The molecule has 1 N–H and O–H groups in total. The molecule has 0 radical (unpaired) electrons. The first-order valence-corrected chi connectivity index (χ1v) is 7.94. The molecule has 0 unspecified atom stereocenters. The Hall–Kier alpha value is -2.31. The van der Waals surface area contributed by atoms with E-state index in [-0.39, 0.29) is 27.2 Å². The fourth-order valence-electron chi connectivity index (χ4n) is 1.92. The molecule has 0 spiro atoms. The lowest BCUT2D eigenvalue weighted by Gasteiger charge is -2.36. The molecule has 25 heavy (non-hydrogen) atoms. The van der Waals surface area contributed by atoms with Crippen LogP contribution in [0.5, 0.6) is 0 Å². The molecule has 1 aromatic rings. The molecule has 3 rings (SSSR count). The van der Waals surface area contributed by atoms with E-state index in [1.165, 1.54) is 26.8 Å². The number of piperazine rings is 1. The fourth-order valence-corrected chi connectivity index (χ4v) is 1.92. The molecule has 2 amide bonds. The number of hydrogen-bond donors (Lipinski definition) is 1. The Morgan fingerprint density at radius 2 is 1.92 bits per heavy atom. The van der Waals surface area contributed by atoms with Crippen molar-refractivity contribution in [2.75, 3.05) is 30.9 Å². The molecule has 1 aliphatic heterocycles. The van der Waals surface area contributed by atoms with Gasteiger partial charge >= 0.3 is 6.09 Å². The van der Waals surface area contributed by atoms with Gasteiger partial charge in [-0.05, 0) is 45.7 Å². The lowest BCUT2D eigenvalue weighted by molar-refractivity contribution is 0.0240. The summed E-state index contributed by atoms with van der Waals surface area (Å²) in [5.41, 5.74) is -1.49. The topological polar surface area (TPSA) is 74.8 Å². The summed E-state index contributed by atoms with van der Waals surface area (Å²) in [7, 11) is 0. The number of amides is 2. The van der Waals surface area contributed by atoms with Crippen molar-refractivity contribution in [1.82, 2.24) is 15.2 Å². The second-order valence-corrected chi connectivity index (χ2v) is 6.75. The van der Waals surface area contributed by atoms with Crippen LogP contribution in [0, 0.1) is 0 Å². The number of carbonyl (C=O) groups is 2. The number of nitrogens with one attached hydrogen (secondary N) is 1. The van der Waals surface area contributed by atoms with Crippen molar-refractivity contribution < 1.29 is 25.3 Å². The number of carbonyl (C=O) groups excluding carboxylic acids is 2. The summed E-state index contributed by atoms with van der Waals surface area (Å²) in [4.78, 5) is 28.9. The molecule has 7 nitrogen and oxygen atoms in total. The maximum absolute atomic E-state index is 12.7. The van der Waals surface area contributed by atoms with Crippen LogP contribution in [0.4, 0.5) is 10.5 Å². The van der Waals surface area contributed by atoms with Gasteiger partial charge in [0.2, 0.25) is 0 Å². The van der Waals surface area contributed by atoms with E-state index in [9.17, 15) is 9.59 Å². The summed E-state index contributed by atoms with van der Waals surface area (Å²) in [6, 6.07) is 2.44. The predicted molar refractivity (Wildman–Crippen MR) is 94.7 cm³/mol. The highest BCUT2D eigenvalue weighted by Gasteiger charge is 2.27. The number of pyridine rings is 1. The molecular weight excluding hydrogens is 320 g/mol. The molecule has 0 bridgehead atoms. The van der Waals surface area contributed by atoms with E-state index < -0.39 is 43.6 Å². The predicted octanol–water partition coefficient (Wildman–Crippen LogP) is 2.03. The van der Waals surface area contributed by atoms with Crippen LogP contribution in [0.15, 0.2) is 18.3 Å². The Morgan fingerprint density at radius 1 is 1.24 bits per heavy atom. The number of nitrogens with zero attached hydrogens (tertiary/aromatic N) is 3. The third kappa shape index (κ3) is 4.84. The zero-order chi connectivity index (χ0) is 25.2. The van der Waals surface area contributed by atoms with Crippen LogP contribution >= 0.6 is 0 Å². The summed E-state index contributed by atoms with van der Waals surface area (Å²) in [6.07, 6.45) is 1.13. The third-order valence-corrected chi connectivity index (χ3v) is 3.27. The first-order valence-electron chi connectivity index (χ1n) is 11.9. The van der Waals surface area contributed by atoms with E-state index in [4.69, 9.17) is 15.7 Å². The molecule has 1 aliphatic carbocycles. The van der Waals surface area contributed by atoms with Crippen molar-refractivity contribution in [3.63, 3.8) is 0 Å². The zero-order valence-electron chi connectivity index (χ0n) is 22.3. The van der Waals surface area contributed by atoms with E-state index in [1.54, 1.807) is 0 Å². The fraction of sp³-hybridized carbons (Fsp3) is 0.611. The van der Waals surface area contributed by atoms with E-state index in [1.807, 2.05) is 0 Å². The van der Waals surface area contributed by atoms with E-state index >= 15 is 0 Å². The van der Waals surface area contributed by atoms with Crippen LogP contribution in [0.2, 0.25) is 0 Å². The molecular formula is C18H26N4O3. The lowest BCUT2D eigenvalue weighted by Crippen LogP contribution is -2.50. The molecule has 136 valence electrons. The first kappa shape index (κ1) is 9.99. The highest BCUT2D eigenvalue weighted by atomic mass is 16.6. The summed E-state index contributed by atoms with van der Waals surface area (Å²) < 4.78 is 71.9. The number of hydrogen-bond acceptors (Lipinski definition) is 5. The highest BCUT2D eigenvalue weighted by molar-refractivity contribution is 5.92. The molecule has 1 saturated carbocycles. The first-order chi connectivity index (χ1) is 14.8. The Bertz CT molecular complexity index is 917. The van der Waals surface area contributed by atoms with Gasteiger partial charge in [-0.2, -0.15) is 0 Å². The van der Waals surface area contributed by atoms with Gasteiger partial charge in [0.15, 0.2) is 0 Å². The van der Waals surface area contributed by atoms with E-state index in [0.29, 0.717) is 0 Å². The molecule has 2 heterocycles. The SMILES string of the molecule is [2H]C1([2H])N(C(=O)OC(C)(C)C)C([2H])([2H])C([2H])([2H])N(c2ccc(C(=O)NC3CC3)nc2)C1([2H])[2H]. The van der Waals surface area contributed by atoms with Gasteiger partial charge in [0.1, 0.15) is 11.3 Å². The van der Waals surface area contributed by atoms with Crippen LogP contribution in [-0.2, 0) is 4.74 Å².